The number of hydrogen-bond acceptors (Lipinski definition) is 8. The fraction of sp³-hybridized carbons (Fsp3) is 0.308. The van der Waals surface area contributed by atoms with Crippen molar-refractivity contribution in [3.63, 3.8) is 0 Å². The van der Waals surface area contributed by atoms with E-state index >= 15 is 0 Å². The highest BCUT2D eigenvalue weighted by Gasteiger charge is 2.57. The molecule has 2 amide bonds. The van der Waals surface area contributed by atoms with Gasteiger partial charge >= 0.3 is 17.0 Å². The number of nitrogens with zero attached hydrogens (tertiary/aromatic N) is 2. The maximum absolute atomic E-state index is 13.8. The summed E-state index contributed by atoms with van der Waals surface area (Å²) in [4.78, 5) is 53.5. The molecule has 204 valence electrons. The predicted molar refractivity (Wildman–Crippen MR) is 137 cm³/mol. The molecule has 5 rings (SSSR count). The lowest BCUT2D eigenvalue weighted by Gasteiger charge is -2.30. The number of thiazole rings is 1. The van der Waals surface area contributed by atoms with Crippen molar-refractivity contribution in [2.75, 3.05) is 18.6 Å². The number of methoxy groups -OCH3 is 1. The molecule has 1 aromatic heterocycles. The Hall–Kier alpha value is -3.58. The second-order valence-corrected chi connectivity index (χ2v) is 10.9. The van der Waals surface area contributed by atoms with Gasteiger partial charge in [0.1, 0.15) is 17.5 Å². The molecular formula is C26H21F3N2O6S2. The molecule has 3 heterocycles. The van der Waals surface area contributed by atoms with Gasteiger partial charge in [0.25, 0.3) is 0 Å². The Labute approximate surface area is 228 Å². The van der Waals surface area contributed by atoms with Gasteiger partial charge in [-0.25, -0.2) is 4.90 Å². The van der Waals surface area contributed by atoms with E-state index in [1.807, 2.05) is 0 Å². The summed E-state index contributed by atoms with van der Waals surface area (Å²) in [6, 6.07) is 10.8. The molecule has 0 N–H and O–H groups in total. The third-order valence-corrected chi connectivity index (χ3v) is 9.15. The number of esters is 1. The summed E-state index contributed by atoms with van der Waals surface area (Å²) in [6.45, 7) is 1.37. The Bertz CT molecular complexity index is 1520. The number of thioether (sulfide) groups is 1. The number of rotatable bonds is 6. The van der Waals surface area contributed by atoms with Crippen molar-refractivity contribution in [2.24, 2.45) is 5.92 Å². The monoisotopic (exact) mass is 578 g/mol. The van der Waals surface area contributed by atoms with Crippen LogP contribution in [0.15, 0.2) is 58.4 Å². The van der Waals surface area contributed by atoms with E-state index in [1.165, 1.54) is 17.7 Å². The van der Waals surface area contributed by atoms with Gasteiger partial charge in [-0.3, -0.25) is 23.7 Å². The largest absolute Gasteiger partial charge is 0.497 e. The Morgan fingerprint density at radius 1 is 1.05 bits per heavy atom. The van der Waals surface area contributed by atoms with Gasteiger partial charge in [0.05, 0.1) is 35.9 Å². The first-order valence-electron chi connectivity index (χ1n) is 11.8. The summed E-state index contributed by atoms with van der Waals surface area (Å²) < 4.78 is 51.6. The standard InChI is InChI=1S/C26H21F3N2O6S2/c1-3-37-17(32)12-30-24-21(39-25(30)35)18(13-7-9-16(36-2)10-8-13)19-20(38-24)23(34)31(22(19)33)15-6-4-5-14(11-15)26(27,28)29/h4-11,18-20H,3,12H2,1-2H3/t18-,19?,20?/m1/s1. The van der Waals surface area contributed by atoms with Crippen molar-refractivity contribution in [2.45, 2.75) is 35.8 Å². The van der Waals surface area contributed by atoms with Crippen LogP contribution in [0.3, 0.4) is 0 Å². The van der Waals surface area contributed by atoms with E-state index in [4.69, 9.17) is 9.47 Å². The van der Waals surface area contributed by atoms with E-state index in [2.05, 4.69) is 0 Å². The molecule has 39 heavy (non-hydrogen) atoms. The molecule has 3 atom stereocenters. The quantitative estimate of drug-likeness (QED) is 0.318. The summed E-state index contributed by atoms with van der Waals surface area (Å²) >= 11 is 1.83. The number of hydrogen-bond donors (Lipinski definition) is 0. The maximum Gasteiger partial charge on any atom is 0.416 e. The van der Waals surface area contributed by atoms with E-state index in [-0.39, 0.29) is 18.8 Å². The lowest BCUT2D eigenvalue weighted by Crippen LogP contribution is -2.32. The number of imide groups is 1. The number of alkyl halides is 3. The Morgan fingerprint density at radius 2 is 1.77 bits per heavy atom. The molecule has 1 fully saturated rings. The second kappa shape index (κ2) is 10.2. The minimum absolute atomic E-state index is 0.116. The third kappa shape index (κ3) is 4.73. The van der Waals surface area contributed by atoms with Crippen LogP contribution in [-0.2, 0) is 31.8 Å². The van der Waals surface area contributed by atoms with Crippen molar-refractivity contribution in [3.05, 3.63) is 74.2 Å². The molecular weight excluding hydrogens is 557 g/mol. The summed E-state index contributed by atoms with van der Waals surface area (Å²) in [6.07, 6.45) is -4.66. The van der Waals surface area contributed by atoms with Gasteiger partial charge < -0.3 is 9.47 Å². The van der Waals surface area contributed by atoms with E-state index in [9.17, 15) is 32.3 Å². The molecule has 0 radical (unpaired) electrons. The summed E-state index contributed by atoms with van der Waals surface area (Å²) in [5, 5.41) is -0.679. The molecule has 3 aromatic rings. The van der Waals surface area contributed by atoms with Crippen molar-refractivity contribution in [3.8, 4) is 5.75 Å². The van der Waals surface area contributed by atoms with Gasteiger partial charge in [-0.15, -0.1) is 0 Å². The normalized spacial score (nSPS) is 20.5. The number of fused-ring (bicyclic) bond motifs is 2. The molecule has 0 bridgehead atoms. The lowest BCUT2D eigenvalue weighted by molar-refractivity contribution is -0.144. The van der Waals surface area contributed by atoms with Crippen molar-refractivity contribution < 1.29 is 37.0 Å². The van der Waals surface area contributed by atoms with Crippen molar-refractivity contribution in [1.29, 1.82) is 0 Å². The number of benzene rings is 2. The molecule has 2 aliphatic rings. The molecule has 1 saturated heterocycles. The number of ether oxygens (including phenoxy) is 2. The number of anilines is 1. The van der Waals surface area contributed by atoms with Gasteiger partial charge in [0, 0.05) is 10.8 Å². The van der Waals surface area contributed by atoms with Crippen molar-refractivity contribution in [1.82, 2.24) is 4.57 Å². The first kappa shape index (κ1) is 27.0. The minimum Gasteiger partial charge on any atom is -0.497 e. The highest BCUT2D eigenvalue weighted by molar-refractivity contribution is 8.00. The van der Waals surface area contributed by atoms with Gasteiger partial charge in [-0.05, 0) is 42.8 Å². The molecule has 2 unspecified atom stereocenters. The lowest BCUT2D eigenvalue weighted by atomic mass is 9.83. The topological polar surface area (TPSA) is 94.9 Å². The van der Waals surface area contributed by atoms with Crippen LogP contribution in [0.1, 0.15) is 28.8 Å². The first-order valence-corrected chi connectivity index (χ1v) is 13.5. The molecule has 0 aliphatic carbocycles. The number of halogens is 3. The Balaban J connectivity index is 1.63. The zero-order valence-corrected chi connectivity index (χ0v) is 22.2. The summed E-state index contributed by atoms with van der Waals surface area (Å²) in [7, 11) is 1.49. The molecule has 0 spiro atoms. The van der Waals surface area contributed by atoms with Crippen molar-refractivity contribution >= 4 is 46.6 Å². The number of carbonyl (C=O) groups excluding carboxylic acids is 3. The Kier molecular flexibility index (Phi) is 7.06. The third-order valence-electron chi connectivity index (χ3n) is 6.55. The molecule has 0 saturated carbocycles. The fourth-order valence-corrected chi connectivity index (χ4v) is 7.61. The highest BCUT2D eigenvalue weighted by Crippen LogP contribution is 2.54. The summed E-state index contributed by atoms with van der Waals surface area (Å²) in [5.41, 5.74) is -0.559. The Morgan fingerprint density at radius 3 is 2.41 bits per heavy atom. The highest BCUT2D eigenvalue weighted by atomic mass is 32.2. The molecule has 2 aliphatic heterocycles. The van der Waals surface area contributed by atoms with E-state index in [0.29, 0.717) is 21.2 Å². The van der Waals surface area contributed by atoms with Crippen LogP contribution in [-0.4, -0.2) is 41.3 Å². The van der Waals surface area contributed by atoms with Crippen LogP contribution < -0.4 is 14.5 Å². The smallest absolute Gasteiger partial charge is 0.416 e. The SMILES string of the molecule is CCOC(=O)Cn1c2c(sc1=O)[C@H](c1ccc(OC)cc1)C1C(=O)N(c3cccc(C(F)(F)F)c3)C(=O)C1S2. The van der Waals surface area contributed by atoms with Crippen LogP contribution in [0.25, 0.3) is 0 Å². The van der Waals surface area contributed by atoms with Crippen LogP contribution >= 0.6 is 23.1 Å². The number of aromatic nitrogens is 1. The van der Waals surface area contributed by atoms with Crippen LogP contribution in [0.5, 0.6) is 5.75 Å². The molecule has 8 nitrogen and oxygen atoms in total. The zero-order chi connectivity index (χ0) is 28.1. The van der Waals surface area contributed by atoms with Crippen LogP contribution in [0.4, 0.5) is 18.9 Å². The van der Waals surface area contributed by atoms with E-state index in [1.54, 1.807) is 31.2 Å². The van der Waals surface area contributed by atoms with E-state index in [0.717, 1.165) is 46.2 Å². The number of amides is 2. The van der Waals surface area contributed by atoms with Crippen LogP contribution in [0.2, 0.25) is 0 Å². The predicted octanol–water partition coefficient (Wildman–Crippen LogP) is 4.30. The zero-order valence-electron chi connectivity index (χ0n) is 20.6. The van der Waals surface area contributed by atoms with E-state index < -0.39 is 51.5 Å². The minimum atomic E-state index is -4.66. The fourth-order valence-electron chi connectivity index (χ4n) is 4.84. The van der Waals surface area contributed by atoms with Gasteiger partial charge in [-0.1, -0.05) is 41.3 Å². The average Bonchev–Trinajstić information content (AvgIpc) is 3.34. The maximum atomic E-state index is 13.8. The molecule has 2 aromatic carbocycles. The average molecular weight is 579 g/mol. The van der Waals surface area contributed by atoms with Gasteiger partial charge in [-0.2, -0.15) is 13.2 Å². The number of carbonyl (C=O) groups is 3. The van der Waals surface area contributed by atoms with Crippen LogP contribution in [0, 0.1) is 5.92 Å². The second-order valence-electron chi connectivity index (χ2n) is 8.80. The summed E-state index contributed by atoms with van der Waals surface area (Å²) in [5.74, 6) is -3.20. The van der Waals surface area contributed by atoms with Gasteiger partial charge in [0.2, 0.25) is 11.8 Å². The molecule has 13 heteroatoms. The van der Waals surface area contributed by atoms with Gasteiger partial charge in [0.15, 0.2) is 0 Å². The first-order chi connectivity index (χ1) is 18.5.